The van der Waals surface area contributed by atoms with Crippen molar-refractivity contribution >= 4 is 35.1 Å². The van der Waals surface area contributed by atoms with Gasteiger partial charge >= 0.3 is 0 Å². The van der Waals surface area contributed by atoms with Gasteiger partial charge in [-0.05, 0) is 48.8 Å². The predicted molar refractivity (Wildman–Crippen MR) is 101 cm³/mol. The summed E-state index contributed by atoms with van der Waals surface area (Å²) >= 11 is 12.0. The number of carbonyl (C=O) groups excluding carboxylic acids is 1. The molecular weight excluding hydrogens is 359 g/mol. The number of para-hydroxylation sites is 1. The van der Waals surface area contributed by atoms with Crippen molar-refractivity contribution in [2.45, 2.75) is 19.4 Å². The Balaban J connectivity index is 1.80. The van der Waals surface area contributed by atoms with Gasteiger partial charge in [0.15, 0.2) is 17.3 Å². The Morgan fingerprint density at radius 2 is 2.00 bits per heavy atom. The van der Waals surface area contributed by atoms with Crippen LogP contribution < -0.4 is 9.47 Å². The maximum absolute atomic E-state index is 11.9. The number of methoxy groups -OCH3 is 1. The molecule has 0 atom stereocenters. The first kappa shape index (κ1) is 17.8. The summed E-state index contributed by atoms with van der Waals surface area (Å²) in [4.78, 5) is 11.9. The van der Waals surface area contributed by atoms with Gasteiger partial charge in [-0.1, -0.05) is 41.4 Å². The Hall–Kier alpha value is -1.97. The van der Waals surface area contributed by atoms with Crippen molar-refractivity contribution in [3.05, 3.63) is 63.6 Å². The standard InChI is InChI=1S/C20H18Cl2O3/c1-24-19-4-2-3-15(8-10-18(23)14-6-7-14)20(19)25-12-13-5-9-16(21)17(22)11-13/h2-5,8-11,14H,6-7,12H2,1H3/b10-8+. The van der Waals surface area contributed by atoms with Crippen LogP contribution in [0.15, 0.2) is 42.5 Å². The van der Waals surface area contributed by atoms with E-state index in [-0.39, 0.29) is 11.7 Å². The number of ether oxygens (including phenoxy) is 2. The topological polar surface area (TPSA) is 35.5 Å². The van der Waals surface area contributed by atoms with Gasteiger partial charge in [-0.15, -0.1) is 0 Å². The second kappa shape index (κ2) is 7.94. The molecule has 1 aliphatic rings. The van der Waals surface area contributed by atoms with Gasteiger partial charge in [-0.25, -0.2) is 0 Å². The average molecular weight is 377 g/mol. The Labute approximate surface area is 157 Å². The molecule has 1 aliphatic carbocycles. The molecule has 0 bridgehead atoms. The zero-order valence-electron chi connectivity index (χ0n) is 13.8. The van der Waals surface area contributed by atoms with Crippen LogP contribution in [0.3, 0.4) is 0 Å². The lowest BCUT2D eigenvalue weighted by molar-refractivity contribution is -0.115. The molecule has 0 aliphatic heterocycles. The fraction of sp³-hybridized carbons (Fsp3) is 0.250. The van der Waals surface area contributed by atoms with Gasteiger partial charge in [0.05, 0.1) is 17.2 Å². The third kappa shape index (κ3) is 4.56. The lowest BCUT2D eigenvalue weighted by Crippen LogP contribution is -2.00. The van der Waals surface area contributed by atoms with Crippen molar-refractivity contribution in [1.82, 2.24) is 0 Å². The predicted octanol–water partition coefficient (Wildman–Crippen LogP) is 5.57. The second-order valence-corrected chi connectivity index (χ2v) is 6.74. The first-order valence-corrected chi connectivity index (χ1v) is 8.79. The van der Waals surface area contributed by atoms with Gasteiger partial charge in [0, 0.05) is 11.5 Å². The molecule has 0 amide bonds. The number of rotatable bonds is 7. The highest BCUT2D eigenvalue weighted by Gasteiger charge is 2.27. The molecule has 2 aromatic carbocycles. The molecule has 0 radical (unpaired) electrons. The minimum atomic E-state index is 0.165. The van der Waals surface area contributed by atoms with Crippen molar-refractivity contribution in [3.63, 3.8) is 0 Å². The zero-order valence-corrected chi connectivity index (χ0v) is 15.3. The van der Waals surface area contributed by atoms with Crippen LogP contribution in [0.4, 0.5) is 0 Å². The van der Waals surface area contributed by atoms with E-state index in [1.807, 2.05) is 24.3 Å². The van der Waals surface area contributed by atoms with E-state index in [1.165, 1.54) is 0 Å². The molecule has 0 saturated heterocycles. The summed E-state index contributed by atoms with van der Waals surface area (Å²) in [6.45, 7) is 0.314. The minimum absolute atomic E-state index is 0.165. The highest BCUT2D eigenvalue weighted by Crippen LogP contribution is 2.34. The molecule has 3 nitrogen and oxygen atoms in total. The molecule has 0 unspecified atom stereocenters. The maximum atomic E-state index is 11.9. The molecule has 0 N–H and O–H groups in total. The van der Waals surface area contributed by atoms with Crippen LogP contribution in [0.25, 0.3) is 6.08 Å². The van der Waals surface area contributed by atoms with Gasteiger partial charge in [0.2, 0.25) is 0 Å². The van der Waals surface area contributed by atoms with Crippen molar-refractivity contribution in [2.24, 2.45) is 5.92 Å². The number of hydrogen-bond acceptors (Lipinski definition) is 3. The molecule has 2 aromatic rings. The normalized spacial score (nSPS) is 13.9. The van der Waals surface area contributed by atoms with Crippen LogP contribution in [0.5, 0.6) is 11.5 Å². The molecular formula is C20H18Cl2O3. The van der Waals surface area contributed by atoms with E-state index in [2.05, 4.69) is 0 Å². The van der Waals surface area contributed by atoms with Gasteiger partial charge in [0.1, 0.15) is 6.61 Å². The molecule has 0 spiro atoms. The summed E-state index contributed by atoms with van der Waals surface area (Å²) in [5.41, 5.74) is 1.69. The molecule has 3 rings (SSSR count). The van der Waals surface area contributed by atoms with E-state index in [4.69, 9.17) is 32.7 Å². The molecule has 25 heavy (non-hydrogen) atoms. The highest BCUT2D eigenvalue weighted by molar-refractivity contribution is 6.42. The summed E-state index contributed by atoms with van der Waals surface area (Å²) in [6.07, 6.45) is 5.38. The number of allylic oxidation sites excluding steroid dienone is 1. The first-order valence-electron chi connectivity index (χ1n) is 8.04. The molecule has 1 saturated carbocycles. The third-order valence-corrected chi connectivity index (χ3v) is 4.74. The van der Waals surface area contributed by atoms with Crippen LogP contribution in [0.2, 0.25) is 10.0 Å². The quantitative estimate of drug-likeness (QED) is 0.592. The van der Waals surface area contributed by atoms with Crippen molar-refractivity contribution in [3.8, 4) is 11.5 Å². The summed E-state index contributed by atoms with van der Waals surface area (Å²) in [6, 6.07) is 10.9. The van der Waals surface area contributed by atoms with Crippen molar-refractivity contribution in [1.29, 1.82) is 0 Å². The number of carbonyl (C=O) groups is 1. The smallest absolute Gasteiger partial charge is 0.168 e. The summed E-state index contributed by atoms with van der Waals surface area (Å²) < 4.78 is 11.4. The van der Waals surface area contributed by atoms with Crippen LogP contribution in [-0.2, 0) is 11.4 Å². The summed E-state index contributed by atoms with van der Waals surface area (Å²) in [7, 11) is 1.59. The van der Waals surface area contributed by atoms with E-state index in [0.29, 0.717) is 28.2 Å². The second-order valence-electron chi connectivity index (χ2n) is 5.93. The van der Waals surface area contributed by atoms with Crippen molar-refractivity contribution in [2.75, 3.05) is 7.11 Å². The van der Waals surface area contributed by atoms with E-state index in [0.717, 1.165) is 24.0 Å². The third-order valence-electron chi connectivity index (χ3n) is 4.00. The number of ketones is 1. The lowest BCUT2D eigenvalue weighted by Gasteiger charge is -2.14. The largest absolute Gasteiger partial charge is 0.493 e. The Morgan fingerprint density at radius 3 is 2.68 bits per heavy atom. The maximum Gasteiger partial charge on any atom is 0.168 e. The van der Waals surface area contributed by atoms with Crippen molar-refractivity contribution < 1.29 is 14.3 Å². The lowest BCUT2D eigenvalue weighted by atomic mass is 10.1. The van der Waals surface area contributed by atoms with E-state index < -0.39 is 0 Å². The van der Waals surface area contributed by atoms with Gasteiger partial charge in [0.25, 0.3) is 0 Å². The summed E-state index contributed by atoms with van der Waals surface area (Å²) in [5.74, 6) is 1.57. The van der Waals surface area contributed by atoms with E-state index in [9.17, 15) is 4.79 Å². The van der Waals surface area contributed by atoms with Gasteiger partial charge < -0.3 is 9.47 Å². The van der Waals surface area contributed by atoms with E-state index in [1.54, 1.807) is 31.4 Å². The van der Waals surface area contributed by atoms with Crippen LogP contribution in [-0.4, -0.2) is 12.9 Å². The van der Waals surface area contributed by atoms with Gasteiger partial charge in [-0.2, -0.15) is 0 Å². The monoisotopic (exact) mass is 376 g/mol. The van der Waals surface area contributed by atoms with Crippen LogP contribution in [0, 0.1) is 5.92 Å². The first-order chi connectivity index (χ1) is 12.1. The van der Waals surface area contributed by atoms with E-state index >= 15 is 0 Å². The average Bonchev–Trinajstić information content (AvgIpc) is 3.46. The number of benzene rings is 2. The molecule has 0 heterocycles. The van der Waals surface area contributed by atoms with Crippen LogP contribution in [0.1, 0.15) is 24.0 Å². The highest BCUT2D eigenvalue weighted by atomic mass is 35.5. The molecule has 1 fully saturated rings. The fourth-order valence-corrected chi connectivity index (χ4v) is 2.76. The Morgan fingerprint density at radius 1 is 1.20 bits per heavy atom. The molecule has 130 valence electrons. The molecule has 5 heteroatoms. The summed E-state index contributed by atoms with van der Waals surface area (Å²) in [5, 5.41) is 0.989. The fourth-order valence-electron chi connectivity index (χ4n) is 2.44. The number of hydrogen-bond donors (Lipinski definition) is 0. The zero-order chi connectivity index (χ0) is 17.8. The Bertz CT molecular complexity index is 811. The van der Waals surface area contributed by atoms with Gasteiger partial charge in [-0.3, -0.25) is 4.79 Å². The number of halogens is 2. The Kier molecular flexibility index (Phi) is 5.67. The molecule has 0 aromatic heterocycles. The van der Waals surface area contributed by atoms with Crippen LogP contribution >= 0.6 is 23.2 Å². The SMILES string of the molecule is COc1cccc(/C=C/C(=O)C2CC2)c1OCc1ccc(Cl)c(Cl)c1. The minimum Gasteiger partial charge on any atom is -0.493 e.